The smallest absolute Gasteiger partial charge is 0.303 e. The zero-order chi connectivity index (χ0) is 23.6. The number of hydrogen-bond donors (Lipinski definition) is 3. The van der Waals surface area contributed by atoms with Gasteiger partial charge in [-0.05, 0) is 98.9 Å². The van der Waals surface area contributed by atoms with Gasteiger partial charge < -0.3 is 20.4 Å². The highest BCUT2D eigenvalue weighted by atomic mass is 16.6. The van der Waals surface area contributed by atoms with Crippen molar-refractivity contribution in [2.24, 2.45) is 33.7 Å². The lowest BCUT2D eigenvalue weighted by molar-refractivity contribution is -0.137. The molecule has 3 saturated carbocycles. The molecule has 33 heavy (non-hydrogen) atoms. The number of rotatable bonds is 8. The zero-order valence-electron chi connectivity index (χ0n) is 20.1. The highest BCUT2D eigenvalue weighted by molar-refractivity contribution is 5.96. The van der Waals surface area contributed by atoms with Crippen LogP contribution in [0, 0.1) is 28.6 Å². The summed E-state index contributed by atoms with van der Waals surface area (Å²) >= 11 is 0. The normalized spacial score (nSPS) is 38.6. The number of fused-ring (bicyclic) bond motifs is 5. The van der Waals surface area contributed by atoms with Crippen LogP contribution in [0.15, 0.2) is 16.8 Å². The highest BCUT2D eigenvalue weighted by Gasteiger charge is 2.58. The minimum Gasteiger partial charge on any atom is -0.481 e. The Morgan fingerprint density at radius 2 is 1.94 bits per heavy atom. The number of carboxylic acids is 1. The molecular weight excluding hydrogens is 420 g/mol. The Morgan fingerprint density at radius 1 is 1.12 bits per heavy atom. The number of allylic oxidation sites excluding steroid dienone is 2. The Balaban J connectivity index is 1.30. The molecule has 0 radical (unpaired) electrons. The maximum atomic E-state index is 11.9. The first-order valence-electron chi connectivity index (χ1n) is 12.8. The van der Waals surface area contributed by atoms with Gasteiger partial charge in [0, 0.05) is 13.0 Å². The predicted octanol–water partition coefficient (Wildman–Crippen LogP) is 4.05. The zero-order valence-corrected chi connectivity index (χ0v) is 20.1. The SMILES string of the molecule is C[C@]12CC[C@H]3[C@@H](CCC4=C/C(=N\OCC(=O)NCCCCC(=O)O)CC[C@@]43C)[C@@H]1CC[C@H]2O. The van der Waals surface area contributed by atoms with Crippen molar-refractivity contribution in [1.29, 1.82) is 0 Å². The number of hydrogen-bond acceptors (Lipinski definition) is 5. The largest absolute Gasteiger partial charge is 0.481 e. The van der Waals surface area contributed by atoms with Gasteiger partial charge in [0.15, 0.2) is 6.61 Å². The average Bonchev–Trinajstić information content (AvgIpc) is 3.08. The Morgan fingerprint density at radius 3 is 2.73 bits per heavy atom. The van der Waals surface area contributed by atoms with Gasteiger partial charge in [-0.2, -0.15) is 0 Å². The van der Waals surface area contributed by atoms with Crippen molar-refractivity contribution >= 4 is 17.6 Å². The van der Waals surface area contributed by atoms with Crippen LogP contribution in [0.4, 0.5) is 0 Å². The Labute approximate surface area is 197 Å². The van der Waals surface area contributed by atoms with Gasteiger partial charge in [0.1, 0.15) is 0 Å². The molecule has 0 bridgehead atoms. The van der Waals surface area contributed by atoms with Crippen LogP contribution in [0.3, 0.4) is 0 Å². The van der Waals surface area contributed by atoms with E-state index in [0.717, 1.165) is 43.7 Å². The second kappa shape index (κ2) is 9.77. The minimum atomic E-state index is -0.814. The standard InChI is InChI=1S/C26H40N2O5/c1-25-12-10-18(28-33-16-23(30)27-14-4-3-5-24(31)32)15-17(25)6-7-19-20-8-9-22(29)26(20,2)13-11-21(19)25/h15,19-22,29H,3-14,16H2,1-2H3,(H,27,30)(H,31,32)/b28-18-/t19-,20-,21-,22+,25-,26-/m0/s1. The summed E-state index contributed by atoms with van der Waals surface area (Å²) in [5.41, 5.74) is 2.74. The van der Waals surface area contributed by atoms with E-state index < -0.39 is 5.97 Å². The summed E-state index contributed by atoms with van der Waals surface area (Å²) in [6, 6.07) is 0. The van der Waals surface area contributed by atoms with Crippen molar-refractivity contribution < 1.29 is 24.6 Å². The lowest BCUT2D eigenvalue weighted by Gasteiger charge is -2.57. The Hall–Kier alpha value is -1.89. The van der Waals surface area contributed by atoms with Crippen LogP contribution in [0.1, 0.15) is 84.5 Å². The average molecular weight is 461 g/mol. The first kappa shape index (κ1) is 24.2. The molecule has 0 aromatic rings. The van der Waals surface area contributed by atoms with E-state index >= 15 is 0 Å². The number of nitrogens with zero attached hydrogens (tertiary/aromatic N) is 1. The molecule has 0 spiro atoms. The highest BCUT2D eigenvalue weighted by Crippen LogP contribution is 2.65. The lowest BCUT2D eigenvalue weighted by Crippen LogP contribution is -2.51. The van der Waals surface area contributed by atoms with E-state index in [9.17, 15) is 14.7 Å². The first-order valence-corrected chi connectivity index (χ1v) is 12.8. The van der Waals surface area contributed by atoms with Gasteiger partial charge in [-0.1, -0.05) is 24.6 Å². The number of nitrogens with one attached hydrogen (secondary N) is 1. The molecular formula is C26H40N2O5. The number of carbonyl (C=O) groups is 2. The van der Waals surface area contributed by atoms with Crippen LogP contribution >= 0.6 is 0 Å². The molecule has 0 saturated heterocycles. The molecule has 0 heterocycles. The fourth-order valence-electron chi connectivity index (χ4n) is 7.47. The van der Waals surface area contributed by atoms with Crippen molar-refractivity contribution in [3.8, 4) is 0 Å². The number of oxime groups is 1. The number of carboxylic acid groups (broad SMARTS) is 1. The van der Waals surface area contributed by atoms with Crippen molar-refractivity contribution in [3.05, 3.63) is 11.6 Å². The predicted molar refractivity (Wildman–Crippen MR) is 126 cm³/mol. The quantitative estimate of drug-likeness (QED) is 0.374. The molecule has 0 unspecified atom stereocenters. The lowest BCUT2D eigenvalue weighted by atomic mass is 9.47. The van der Waals surface area contributed by atoms with Gasteiger partial charge >= 0.3 is 5.97 Å². The molecule has 0 aliphatic heterocycles. The number of aliphatic hydroxyl groups is 1. The van der Waals surface area contributed by atoms with E-state index in [1.54, 1.807) is 0 Å². The van der Waals surface area contributed by atoms with Crippen LogP contribution < -0.4 is 5.32 Å². The number of amides is 1. The van der Waals surface area contributed by atoms with Crippen LogP contribution in [0.5, 0.6) is 0 Å². The van der Waals surface area contributed by atoms with Crippen LogP contribution in [0.25, 0.3) is 0 Å². The van der Waals surface area contributed by atoms with Crippen molar-refractivity contribution in [2.75, 3.05) is 13.2 Å². The molecule has 6 atom stereocenters. The van der Waals surface area contributed by atoms with E-state index in [0.29, 0.717) is 31.2 Å². The van der Waals surface area contributed by atoms with Crippen molar-refractivity contribution in [2.45, 2.75) is 90.6 Å². The van der Waals surface area contributed by atoms with Gasteiger partial charge in [-0.3, -0.25) is 9.59 Å². The van der Waals surface area contributed by atoms with Crippen LogP contribution in [0.2, 0.25) is 0 Å². The van der Waals surface area contributed by atoms with Crippen molar-refractivity contribution in [1.82, 2.24) is 5.32 Å². The van der Waals surface area contributed by atoms with Gasteiger partial charge in [-0.25, -0.2) is 0 Å². The van der Waals surface area contributed by atoms with Gasteiger partial charge in [0.2, 0.25) is 0 Å². The summed E-state index contributed by atoms with van der Waals surface area (Å²) in [5.74, 6) is 1.02. The van der Waals surface area contributed by atoms with E-state index in [2.05, 4.69) is 30.4 Å². The second-order valence-electron chi connectivity index (χ2n) is 11.2. The summed E-state index contributed by atoms with van der Waals surface area (Å²) in [4.78, 5) is 27.7. The van der Waals surface area contributed by atoms with Crippen LogP contribution in [-0.4, -0.2) is 47.1 Å². The number of aliphatic carboxylic acids is 1. The molecule has 0 aromatic heterocycles. The molecule has 184 valence electrons. The molecule has 4 rings (SSSR count). The fraction of sp³-hybridized carbons (Fsp3) is 0.808. The molecule has 4 aliphatic carbocycles. The molecule has 4 aliphatic rings. The molecule has 7 heteroatoms. The maximum absolute atomic E-state index is 11.9. The summed E-state index contributed by atoms with van der Waals surface area (Å²) in [6.07, 6.45) is 12.1. The molecule has 3 N–H and O–H groups in total. The Kier molecular flexibility index (Phi) is 7.18. The molecule has 0 aromatic carbocycles. The number of carbonyl (C=O) groups excluding carboxylic acids is 1. The monoisotopic (exact) mass is 460 g/mol. The summed E-state index contributed by atoms with van der Waals surface area (Å²) < 4.78 is 0. The van der Waals surface area contributed by atoms with E-state index in [1.807, 2.05) is 0 Å². The first-order chi connectivity index (χ1) is 15.7. The molecule has 3 fully saturated rings. The van der Waals surface area contributed by atoms with Crippen LogP contribution in [-0.2, 0) is 14.4 Å². The summed E-state index contributed by atoms with van der Waals surface area (Å²) in [6.45, 7) is 5.11. The maximum Gasteiger partial charge on any atom is 0.303 e. The Bertz CT molecular complexity index is 823. The number of unbranched alkanes of at least 4 members (excludes halogenated alkanes) is 1. The van der Waals surface area contributed by atoms with E-state index in [1.165, 1.54) is 24.8 Å². The number of aliphatic hydroxyl groups excluding tert-OH is 1. The van der Waals surface area contributed by atoms with E-state index in [-0.39, 0.29) is 35.9 Å². The minimum absolute atomic E-state index is 0.115. The van der Waals surface area contributed by atoms with Gasteiger partial charge in [0.05, 0.1) is 11.8 Å². The third-order valence-electron chi connectivity index (χ3n) is 9.44. The van der Waals surface area contributed by atoms with Gasteiger partial charge in [-0.15, -0.1) is 0 Å². The topological polar surface area (TPSA) is 108 Å². The van der Waals surface area contributed by atoms with Gasteiger partial charge in [0.25, 0.3) is 5.91 Å². The fourth-order valence-corrected chi connectivity index (χ4v) is 7.47. The molecule has 1 amide bonds. The summed E-state index contributed by atoms with van der Waals surface area (Å²) in [5, 5.41) is 26.3. The summed E-state index contributed by atoms with van der Waals surface area (Å²) in [7, 11) is 0. The third-order valence-corrected chi connectivity index (χ3v) is 9.44. The molecule has 7 nitrogen and oxygen atoms in total. The third kappa shape index (κ3) is 4.84. The van der Waals surface area contributed by atoms with Crippen molar-refractivity contribution in [3.63, 3.8) is 0 Å². The van der Waals surface area contributed by atoms with E-state index in [4.69, 9.17) is 9.94 Å². The second-order valence-corrected chi connectivity index (χ2v) is 11.2.